The van der Waals surface area contributed by atoms with Crippen molar-refractivity contribution in [2.24, 2.45) is 5.73 Å². The summed E-state index contributed by atoms with van der Waals surface area (Å²) in [6.45, 7) is 0.594. The zero-order valence-corrected chi connectivity index (χ0v) is 10.3. The van der Waals surface area contributed by atoms with Crippen molar-refractivity contribution in [2.75, 3.05) is 6.54 Å². The third-order valence-electron chi connectivity index (χ3n) is 2.26. The van der Waals surface area contributed by atoms with Gasteiger partial charge in [0.1, 0.15) is 0 Å². The molecule has 0 saturated heterocycles. The fourth-order valence-electron chi connectivity index (χ4n) is 1.51. The van der Waals surface area contributed by atoms with E-state index in [1.165, 1.54) is 0 Å². The molecule has 1 aromatic heterocycles. The lowest BCUT2D eigenvalue weighted by Crippen LogP contribution is -2.05. The summed E-state index contributed by atoms with van der Waals surface area (Å²) in [5.74, 6) is 0. The lowest BCUT2D eigenvalue weighted by molar-refractivity contribution is 0.868. The molecule has 0 bridgehead atoms. The maximum absolute atomic E-state index is 5.50. The van der Waals surface area contributed by atoms with Crippen LogP contribution in [0.25, 0.3) is 11.1 Å². The van der Waals surface area contributed by atoms with Gasteiger partial charge in [0.2, 0.25) is 0 Å². The van der Waals surface area contributed by atoms with E-state index in [4.69, 9.17) is 5.73 Å². The minimum absolute atomic E-state index is 0.594. The third kappa shape index (κ3) is 2.65. The Morgan fingerprint density at radius 2 is 2.06 bits per heavy atom. The Morgan fingerprint density at radius 3 is 2.81 bits per heavy atom. The molecule has 0 saturated carbocycles. The van der Waals surface area contributed by atoms with Gasteiger partial charge in [-0.05, 0) is 30.3 Å². The number of hydrogen-bond acceptors (Lipinski definition) is 3. The number of nitrogens with zero attached hydrogens (tertiary/aromatic N) is 2. The van der Waals surface area contributed by atoms with Crippen molar-refractivity contribution >= 4 is 15.9 Å². The van der Waals surface area contributed by atoms with Crippen LogP contribution < -0.4 is 5.73 Å². The standard InChI is InChI=1S/C12H12BrN3/c13-11-3-1-2-9(6-11)10-7-12(4-5-14)16-15-8-10/h1-3,6-8H,4-5,14H2. The summed E-state index contributed by atoms with van der Waals surface area (Å²) in [5.41, 5.74) is 8.63. The van der Waals surface area contributed by atoms with Crippen molar-refractivity contribution in [1.82, 2.24) is 10.2 Å². The molecule has 1 aromatic carbocycles. The summed E-state index contributed by atoms with van der Waals surface area (Å²) in [4.78, 5) is 0. The summed E-state index contributed by atoms with van der Waals surface area (Å²) in [7, 11) is 0. The molecular formula is C12H12BrN3. The monoisotopic (exact) mass is 277 g/mol. The molecule has 82 valence electrons. The van der Waals surface area contributed by atoms with Crippen molar-refractivity contribution < 1.29 is 0 Å². The van der Waals surface area contributed by atoms with Crippen LogP contribution in [-0.2, 0) is 6.42 Å². The lowest BCUT2D eigenvalue weighted by Gasteiger charge is -2.03. The molecule has 0 fully saturated rings. The van der Waals surface area contributed by atoms with Gasteiger partial charge in [-0.1, -0.05) is 28.1 Å². The van der Waals surface area contributed by atoms with E-state index in [0.29, 0.717) is 6.54 Å². The fourth-order valence-corrected chi connectivity index (χ4v) is 1.91. The van der Waals surface area contributed by atoms with Gasteiger partial charge < -0.3 is 5.73 Å². The number of benzene rings is 1. The highest BCUT2D eigenvalue weighted by Crippen LogP contribution is 2.22. The summed E-state index contributed by atoms with van der Waals surface area (Å²) < 4.78 is 1.06. The Morgan fingerprint density at radius 1 is 1.19 bits per heavy atom. The third-order valence-corrected chi connectivity index (χ3v) is 2.76. The fraction of sp³-hybridized carbons (Fsp3) is 0.167. The van der Waals surface area contributed by atoms with Crippen LogP contribution in [0.3, 0.4) is 0 Å². The Bertz CT molecular complexity index is 485. The highest BCUT2D eigenvalue weighted by atomic mass is 79.9. The van der Waals surface area contributed by atoms with Gasteiger partial charge in [0.05, 0.1) is 11.9 Å². The molecule has 0 radical (unpaired) electrons. The summed E-state index contributed by atoms with van der Waals surface area (Å²) >= 11 is 3.45. The van der Waals surface area contributed by atoms with Gasteiger partial charge in [-0.2, -0.15) is 10.2 Å². The van der Waals surface area contributed by atoms with Crippen molar-refractivity contribution in [2.45, 2.75) is 6.42 Å². The number of rotatable bonds is 3. The van der Waals surface area contributed by atoms with Crippen molar-refractivity contribution in [1.29, 1.82) is 0 Å². The maximum Gasteiger partial charge on any atom is 0.0649 e. The van der Waals surface area contributed by atoms with Crippen LogP contribution in [0, 0.1) is 0 Å². The Hall–Kier alpha value is -1.26. The SMILES string of the molecule is NCCc1cc(-c2cccc(Br)c2)cnn1. The maximum atomic E-state index is 5.50. The Balaban J connectivity index is 2.36. The van der Waals surface area contributed by atoms with E-state index in [0.717, 1.165) is 27.7 Å². The predicted octanol–water partition coefficient (Wildman–Crippen LogP) is 2.41. The van der Waals surface area contributed by atoms with Crippen molar-refractivity contribution in [3.63, 3.8) is 0 Å². The first-order valence-electron chi connectivity index (χ1n) is 5.07. The summed E-state index contributed by atoms with van der Waals surface area (Å²) in [5, 5.41) is 8.02. The van der Waals surface area contributed by atoms with E-state index >= 15 is 0 Å². The lowest BCUT2D eigenvalue weighted by atomic mass is 10.1. The number of nitrogens with two attached hydrogens (primary N) is 1. The molecule has 0 aliphatic rings. The van der Waals surface area contributed by atoms with Crippen molar-refractivity contribution in [3.8, 4) is 11.1 Å². The first kappa shape index (κ1) is 11.2. The zero-order valence-electron chi connectivity index (χ0n) is 8.73. The minimum atomic E-state index is 0.594. The van der Waals surface area contributed by atoms with Crippen LogP contribution in [0.15, 0.2) is 41.0 Å². The molecule has 0 spiro atoms. The number of aromatic nitrogens is 2. The van der Waals surface area contributed by atoms with Crippen molar-refractivity contribution in [3.05, 3.63) is 46.7 Å². The van der Waals surface area contributed by atoms with Crippen LogP contribution in [0.5, 0.6) is 0 Å². The minimum Gasteiger partial charge on any atom is -0.330 e. The summed E-state index contributed by atoms with van der Waals surface area (Å²) in [6, 6.07) is 10.1. The van der Waals surface area contributed by atoms with Gasteiger partial charge in [0.15, 0.2) is 0 Å². The second-order valence-electron chi connectivity index (χ2n) is 3.48. The van der Waals surface area contributed by atoms with Gasteiger partial charge in [-0.25, -0.2) is 0 Å². The molecular weight excluding hydrogens is 266 g/mol. The van der Waals surface area contributed by atoms with Gasteiger partial charge >= 0.3 is 0 Å². The van der Waals surface area contributed by atoms with E-state index in [1.54, 1.807) is 6.20 Å². The molecule has 16 heavy (non-hydrogen) atoms. The molecule has 0 aliphatic heterocycles. The number of halogens is 1. The Kier molecular flexibility index (Phi) is 3.64. The molecule has 2 N–H and O–H groups in total. The first-order valence-corrected chi connectivity index (χ1v) is 5.86. The predicted molar refractivity (Wildman–Crippen MR) is 67.9 cm³/mol. The van der Waals surface area contributed by atoms with E-state index in [2.05, 4.69) is 32.2 Å². The highest BCUT2D eigenvalue weighted by molar-refractivity contribution is 9.10. The van der Waals surface area contributed by atoms with Gasteiger partial charge in [-0.3, -0.25) is 0 Å². The summed E-state index contributed by atoms with van der Waals surface area (Å²) in [6.07, 6.45) is 2.52. The zero-order chi connectivity index (χ0) is 11.4. The average molecular weight is 278 g/mol. The van der Waals surface area contributed by atoms with Crippen LogP contribution in [0.1, 0.15) is 5.69 Å². The molecule has 0 atom stereocenters. The largest absolute Gasteiger partial charge is 0.330 e. The average Bonchev–Trinajstić information content (AvgIpc) is 2.30. The van der Waals surface area contributed by atoms with Crippen LogP contribution >= 0.6 is 15.9 Å². The molecule has 1 heterocycles. The first-order chi connectivity index (χ1) is 7.79. The second kappa shape index (κ2) is 5.18. The van der Waals surface area contributed by atoms with Gasteiger partial charge in [0, 0.05) is 16.5 Å². The van der Waals surface area contributed by atoms with Gasteiger partial charge in [-0.15, -0.1) is 0 Å². The molecule has 0 amide bonds. The molecule has 4 heteroatoms. The van der Waals surface area contributed by atoms with Crippen LogP contribution in [0.2, 0.25) is 0 Å². The van der Waals surface area contributed by atoms with E-state index in [1.807, 2.05) is 24.3 Å². The van der Waals surface area contributed by atoms with Gasteiger partial charge in [0.25, 0.3) is 0 Å². The number of hydrogen-bond donors (Lipinski definition) is 1. The van der Waals surface area contributed by atoms with E-state index in [9.17, 15) is 0 Å². The molecule has 0 aliphatic carbocycles. The molecule has 0 unspecified atom stereocenters. The normalized spacial score (nSPS) is 10.4. The second-order valence-corrected chi connectivity index (χ2v) is 4.40. The van der Waals surface area contributed by atoms with Crippen LogP contribution in [-0.4, -0.2) is 16.7 Å². The Labute approximate surface area is 103 Å². The molecule has 3 nitrogen and oxygen atoms in total. The topological polar surface area (TPSA) is 51.8 Å². The van der Waals surface area contributed by atoms with E-state index in [-0.39, 0.29) is 0 Å². The van der Waals surface area contributed by atoms with E-state index < -0.39 is 0 Å². The van der Waals surface area contributed by atoms with Crippen LogP contribution in [0.4, 0.5) is 0 Å². The quantitative estimate of drug-likeness (QED) is 0.938. The molecule has 2 rings (SSSR count). The molecule has 2 aromatic rings. The highest BCUT2D eigenvalue weighted by Gasteiger charge is 2.01. The smallest absolute Gasteiger partial charge is 0.0649 e.